The molecule has 0 bridgehead atoms. The van der Waals surface area contributed by atoms with Crippen molar-refractivity contribution in [2.45, 2.75) is 19.8 Å². The van der Waals surface area contributed by atoms with Gasteiger partial charge in [-0.25, -0.2) is 0 Å². The van der Waals surface area contributed by atoms with Crippen molar-refractivity contribution in [1.29, 1.82) is 0 Å². The summed E-state index contributed by atoms with van der Waals surface area (Å²) in [5, 5.41) is 8.00. The topological polar surface area (TPSA) is 9.86 Å². The van der Waals surface area contributed by atoms with Crippen LogP contribution in [-0.2, 0) is 0 Å². The van der Waals surface area contributed by atoms with Gasteiger partial charge < -0.3 is 9.13 Å². The molecule has 8 aromatic rings. The van der Waals surface area contributed by atoms with E-state index in [-0.39, 0.29) is 0 Å². The molecule has 0 radical (unpaired) electrons. The SMILES string of the molecule is Cc1ccc(-c2ccc(-n3c4c(c5ccccc53)=CC(C3C=c5c(n(-c6ccc(-c7ccccc7)cc6)c6ccccc56)=CC3)CC=4)cc2)cc1. The first kappa shape index (κ1) is 29.8. The van der Waals surface area contributed by atoms with E-state index in [1.165, 1.54) is 82.1 Å². The van der Waals surface area contributed by atoms with E-state index in [0.29, 0.717) is 11.8 Å². The van der Waals surface area contributed by atoms with Crippen molar-refractivity contribution >= 4 is 46.1 Å². The van der Waals surface area contributed by atoms with Crippen molar-refractivity contribution in [1.82, 2.24) is 9.13 Å². The van der Waals surface area contributed by atoms with Gasteiger partial charge in [-0.05, 0) is 90.3 Å². The summed E-state index contributed by atoms with van der Waals surface area (Å²) in [5.41, 5.74) is 11.2. The highest BCUT2D eigenvalue weighted by molar-refractivity contribution is 5.86. The van der Waals surface area contributed by atoms with Crippen LogP contribution in [0.15, 0.2) is 152 Å². The second-order valence-corrected chi connectivity index (χ2v) is 14.2. The molecule has 2 nitrogen and oxygen atoms in total. The lowest BCUT2D eigenvalue weighted by Crippen LogP contribution is -2.36. The smallest absolute Gasteiger partial charge is 0.0540 e. The molecule has 0 fully saturated rings. The minimum absolute atomic E-state index is 0.428. The Hall–Kier alpha value is -6.12. The van der Waals surface area contributed by atoms with Gasteiger partial charge in [0.1, 0.15) is 0 Å². The standard InChI is InChI=1S/C49H38N2/c1-33-15-17-35(18-16-33)37-21-27-41(28-22-37)51-47-14-8-6-12-43(47)45-32-39(24-30-49(45)51)38-23-29-48-44(31-38)42-11-5-7-13-46(42)50(48)40-25-19-36(20-26-40)34-9-3-2-4-10-34/h2-22,25-32,38-39H,23-24H2,1H3. The van der Waals surface area contributed by atoms with Gasteiger partial charge in [0.2, 0.25) is 0 Å². The molecule has 2 aromatic heterocycles. The van der Waals surface area contributed by atoms with Gasteiger partial charge in [0.25, 0.3) is 0 Å². The van der Waals surface area contributed by atoms with Gasteiger partial charge in [-0.15, -0.1) is 0 Å². The van der Waals surface area contributed by atoms with Crippen molar-refractivity contribution in [3.63, 3.8) is 0 Å². The van der Waals surface area contributed by atoms with Crippen LogP contribution >= 0.6 is 0 Å². The largest absolute Gasteiger partial charge is 0.310 e. The number of hydrogen-bond acceptors (Lipinski definition) is 0. The van der Waals surface area contributed by atoms with Crippen LogP contribution in [-0.4, -0.2) is 9.13 Å². The predicted octanol–water partition coefficient (Wildman–Crippen LogP) is 9.08. The molecular formula is C49H38N2. The first-order valence-electron chi connectivity index (χ1n) is 18.2. The molecule has 2 heteroatoms. The van der Waals surface area contributed by atoms with E-state index >= 15 is 0 Å². The van der Waals surface area contributed by atoms with Crippen LogP contribution in [0, 0.1) is 18.8 Å². The third-order valence-electron chi connectivity index (χ3n) is 11.1. The maximum Gasteiger partial charge on any atom is 0.0540 e. The first-order valence-corrected chi connectivity index (χ1v) is 18.2. The van der Waals surface area contributed by atoms with Gasteiger partial charge in [0.15, 0.2) is 0 Å². The highest BCUT2D eigenvalue weighted by Crippen LogP contribution is 2.30. The predicted molar refractivity (Wildman–Crippen MR) is 215 cm³/mol. The zero-order chi connectivity index (χ0) is 33.9. The lowest BCUT2D eigenvalue weighted by molar-refractivity contribution is 0.543. The van der Waals surface area contributed by atoms with Crippen LogP contribution in [0.2, 0.25) is 0 Å². The molecule has 0 amide bonds. The molecule has 51 heavy (non-hydrogen) atoms. The zero-order valence-electron chi connectivity index (χ0n) is 28.7. The first-order chi connectivity index (χ1) is 25.2. The van der Waals surface area contributed by atoms with Crippen LogP contribution in [0.3, 0.4) is 0 Å². The molecular weight excluding hydrogens is 617 g/mol. The Morgan fingerprint density at radius 2 is 0.804 bits per heavy atom. The van der Waals surface area contributed by atoms with Crippen molar-refractivity contribution < 1.29 is 0 Å². The molecule has 244 valence electrons. The molecule has 2 atom stereocenters. The fourth-order valence-corrected chi connectivity index (χ4v) is 8.52. The Kier molecular flexibility index (Phi) is 7.02. The Balaban J connectivity index is 1.04. The highest BCUT2D eigenvalue weighted by Gasteiger charge is 2.24. The Labute approximate surface area is 297 Å². The van der Waals surface area contributed by atoms with Crippen LogP contribution in [0.1, 0.15) is 18.4 Å². The van der Waals surface area contributed by atoms with Gasteiger partial charge in [-0.3, -0.25) is 0 Å². The zero-order valence-corrected chi connectivity index (χ0v) is 28.7. The Bertz CT molecular complexity index is 2830. The van der Waals surface area contributed by atoms with E-state index in [2.05, 4.69) is 192 Å². The summed E-state index contributed by atoms with van der Waals surface area (Å²) in [6, 6.07) is 55.4. The number of benzene rings is 6. The molecule has 6 aromatic carbocycles. The number of nitrogens with zero attached hydrogens (tertiary/aromatic N) is 2. The number of rotatable bonds is 5. The summed E-state index contributed by atoms with van der Waals surface area (Å²) in [6.45, 7) is 2.14. The number of fused-ring (bicyclic) bond motifs is 6. The van der Waals surface area contributed by atoms with Gasteiger partial charge in [0, 0.05) is 43.3 Å². The Morgan fingerprint density at radius 1 is 0.412 bits per heavy atom. The van der Waals surface area contributed by atoms with Crippen LogP contribution in [0.5, 0.6) is 0 Å². The lowest BCUT2D eigenvalue weighted by Gasteiger charge is -2.23. The fourth-order valence-electron chi connectivity index (χ4n) is 8.52. The van der Waals surface area contributed by atoms with Crippen LogP contribution in [0.4, 0.5) is 0 Å². The molecule has 0 aliphatic heterocycles. The number of aryl methyl sites for hydroxylation is 1. The summed E-state index contributed by atoms with van der Waals surface area (Å²) in [7, 11) is 0. The second-order valence-electron chi connectivity index (χ2n) is 14.2. The van der Waals surface area contributed by atoms with Gasteiger partial charge in [0.05, 0.1) is 11.0 Å². The van der Waals surface area contributed by atoms with E-state index < -0.39 is 0 Å². The van der Waals surface area contributed by atoms with E-state index in [4.69, 9.17) is 0 Å². The minimum Gasteiger partial charge on any atom is -0.310 e. The molecule has 0 saturated heterocycles. The molecule has 10 rings (SSSR count). The summed E-state index contributed by atoms with van der Waals surface area (Å²) in [5.74, 6) is 0.856. The fraction of sp³-hybridized carbons (Fsp3) is 0.102. The number of aromatic nitrogens is 2. The maximum absolute atomic E-state index is 2.58. The molecule has 0 saturated carbocycles. The lowest BCUT2D eigenvalue weighted by atomic mass is 9.82. The van der Waals surface area contributed by atoms with Crippen LogP contribution < -0.4 is 21.1 Å². The van der Waals surface area contributed by atoms with Crippen LogP contribution in [0.25, 0.3) is 79.7 Å². The van der Waals surface area contributed by atoms with E-state index in [0.717, 1.165) is 12.8 Å². The Morgan fingerprint density at radius 3 is 1.27 bits per heavy atom. The number of para-hydroxylation sites is 2. The molecule has 0 N–H and O–H groups in total. The van der Waals surface area contributed by atoms with Gasteiger partial charge in [-0.2, -0.15) is 0 Å². The highest BCUT2D eigenvalue weighted by atomic mass is 15.0. The summed E-state index contributed by atoms with van der Waals surface area (Å²) >= 11 is 0. The quantitative estimate of drug-likeness (QED) is 0.175. The van der Waals surface area contributed by atoms with Crippen molar-refractivity contribution in [2.75, 3.05) is 0 Å². The summed E-state index contributed by atoms with van der Waals surface area (Å²) in [4.78, 5) is 0. The van der Waals surface area contributed by atoms with E-state index in [9.17, 15) is 0 Å². The molecule has 0 spiro atoms. The summed E-state index contributed by atoms with van der Waals surface area (Å²) < 4.78 is 4.92. The van der Waals surface area contributed by atoms with Crippen molar-refractivity contribution in [3.05, 3.63) is 178 Å². The van der Waals surface area contributed by atoms with Crippen molar-refractivity contribution in [2.24, 2.45) is 11.8 Å². The van der Waals surface area contributed by atoms with Gasteiger partial charge in [-0.1, -0.05) is 145 Å². The molecule has 2 unspecified atom stereocenters. The summed E-state index contributed by atoms with van der Waals surface area (Å²) in [6.07, 6.45) is 12.2. The van der Waals surface area contributed by atoms with Gasteiger partial charge >= 0.3 is 0 Å². The molecule has 2 aliphatic rings. The molecule has 2 aliphatic carbocycles. The second kappa shape index (κ2) is 12.0. The van der Waals surface area contributed by atoms with E-state index in [1.54, 1.807) is 0 Å². The van der Waals surface area contributed by atoms with E-state index in [1.807, 2.05) is 0 Å². The average Bonchev–Trinajstić information content (AvgIpc) is 3.71. The third-order valence-corrected chi connectivity index (χ3v) is 11.1. The maximum atomic E-state index is 2.58. The minimum atomic E-state index is 0.428. The normalized spacial score (nSPS) is 16.4. The monoisotopic (exact) mass is 654 g/mol. The molecule has 2 heterocycles. The third kappa shape index (κ3) is 5.02. The number of hydrogen-bond donors (Lipinski definition) is 0. The average molecular weight is 655 g/mol. The van der Waals surface area contributed by atoms with Crippen molar-refractivity contribution in [3.8, 4) is 33.6 Å².